The SMILES string of the molecule is c1ccc(-c2ccc3c(c2)c2c(-c4cccc(-c5nc(-c6ccccc6)c6c(n5)oc5ccccc56)c4)cccc2n3-c2ccccc2)cc1. The van der Waals surface area contributed by atoms with Crippen LogP contribution < -0.4 is 0 Å². The molecule has 4 heteroatoms. The lowest BCUT2D eigenvalue weighted by atomic mass is 9.96. The van der Waals surface area contributed by atoms with Crippen molar-refractivity contribution < 1.29 is 4.42 Å². The molecule has 0 bridgehead atoms. The van der Waals surface area contributed by atoms with E-state index >= 15 is 0 Å². The zero-order chi connectivity index (χ0) is 33.0. The third-order valence-corrected chi connectivity index (χ3v) is 9.63. The molecule has 0 unspecified atom stereocenters. The summed E-state index contributed by atoms with van der Waals surface area (Å²) in [5.74, 6) is 0.627. The maximum atomic E-state index is 6.34. The molecule has 0 aliphatic heterocycles. The number of furan rings is 1. The van der Waals surface area contributed by atoms with Gasteiger partial charge in [0.2, 0.25) is 5.71 Å². The van der Waals surface area contributed by atoms with Crippen LogP contribution in [0.1, 0.15) is 0 Å². The Hall–Kier alpha value is -6.78. The minimum absolute atomic E-state index is 0.585. The highest BCUT2D eigenvalue weighted by molar-refractivity contribution is 6.17. The first kappa shape index (κ1) is 28.3. The number of aromatic nitrogens is 3. The quantitative estimate of drug-likeness (QED) is 0.188. The van der Waals surface area contributed by atoms with E-state index in [1.807, 2.05) is 36.4 Å². The average Bonchev–Trinajstić information content (AvgIpc) is 3.74. The van der Waals surface area contributed by atoms with Crippen molar-refractivity contribution in [2.24, 2.45) is 0 Å². The van der Waals surface area contributed by atoms with Crippen molar-refractivity contribution >= 4 is 43.9 Å². The fourth-order valence-corrected chi connectivity index (χ4v) is 7.36. The molecule has 7 aromatic carbocycles. The highest BCUT2D eigenvalue weighted by atomic mass is 16.3. The molecule has 0 saturated carbocycles. The van der Waals surface area contributed by atoms with Crippen molar-refractivity contribution in [2.45, 2.75) is 0 Å². The average molecular weight is 640 g/mol. The second kappa shape index (κ2) is 11.4. The highest BCUT2D eigenvalue weighted by Crippen LogP contribution is 2.41. The Kier molecular flexibility index (Phi) is 6.46. The van der Waals surface area contributed by atoms with Crippen molar-refractivity contribution in [3.8, 4) is 50.6 Å². The third kappa shape index (κ3) is 4.54. The van der Waals surface area contributed by atoms with E-state index in [1.165, 1.54) is 27.4 Å². The van der Waals surface area contributed by atoms with Crippen LogP contribution in [0.25, 0.3) is 94.5 Å². The predicted molar refractivity (Wildman–Crippen MR) is 205 cm³/mol. The lowest BCUT2D eigenvalue weighted by molar-refractivity contribution is 0.653. The number of benzene rings is 7. The molecule has 0 aliphatic rings. The normalized spacial score (nSPS) is 11.6. The standard InChI is InChI=1S/C46H29N3O/c1-4-14-30(15-5-1)32-26-27-39-38(29-32)42-36(23-13-24-40(42)49(39)35-20-8-3-9-21-35)33-18-12-19-34(28-33)45-47-44(31-16-6-2-7-17-31)43-37-22-10-11-25-41(37)50-46(43)48-45/h1-29H. The van der Waals surface area contributed by atoms with E-state index in [1.54, 1.807) is 0 Å². The molecule has 0 amide bonds. The van der Waals surface area contributed by atoms with Crippen LogP contribution in [0.2, 0.25) is 0 Å². The van der Waals surface area contributed by atoms with E-state index in [0.29, 0.717) is 11.5 Å². The topological polar surface area (TPSA) is 43.9 Å². The largest absolute Gasteiger partial charge is 0.438 e. The summed E-state index contributed by atoms with van der Waals surface area (Å²) in [5.41, 5.74) is 12.3. The molecule has 0 N–H and O–H groups in total. The van der Waals surface area contributed by atoms with Crippen molar-refractivity contribution in [3.05, 3.63) is 176 Å². The van der Waals surface area contributed by atoms with Gasteiger partial charge in [0.1, 0.15) is 5.58 Å². The lowest BCUT2D eigenvalue weighted by Crippen LogP contribution is -1.94. The third-order valence-electron chi connectivity index (χ3n) is 9.63. The Labute approximate surface area is 288 Å². The van der Waals surface area contributed by atoms with Gasteiger partial charge in [-0.3, -0.25) is 0 Å². The van der Waals surface area contributed by atoms with E-state index < -0.39 is 0 Å². The van der Waals surface area contributed by atoms with Crippen LogP contribution in [0.4, 0.5) is 0 Å². The van der Waals surface area contributed by atoms with Crippen LogP contribution >= 0.6 is 0 Å². The number of fused-ring (bicyclic) bond motifs is 6. The Bertz CT molecular complexity index is 2850. The maximum absolute atomic E-state index is 6.34. The molecule has 0 spiro atoms. The molecule has 0 saturated heterocycles. The molecule has 0 atom stereocenters. The first-order chi connectivity index (χ1) is 24.8. The van der Waals surface area contributed by atoms with Gasteiger partial charge < -0.3 is 8.98 Å². The minimum Gasteiger partial charge on any atom is -0.438 e. The Balaban J connectivity index is 1.20. The van der Waals surface area contributed by atoms with Gasteiger partial charge in [-0.2, -0.15) is 4.98 Å². The van der Waals surface area contributed by atoms with E-state index in [4.69, 9.17) is 14.4 Å². The van der Waals surface area contributed by atoms with Gasteiger partial charge in [-0.05, 0) is 64.7 Å². The molecule has 234 valence electrons. The van der Waals surface area contributed by atoms with Crippen molar-refractivity contribution in [1.82, 2.24) is 14.5 Å². The van der Waals surface area contributed by atoms with Crippen molar-refractivity contribution in [2.75, 3.05) is 0 Å². The molecule has 3 aromatic heterocycles. The van der Waals surface area contributed by atoms with E-state index in [0.717, 1.165) is 55.5 Å². The van der Waals surface area contributed by atoms with Gasteiger partial charge in [0.05, 0.1) is 22.1 Å². The van der Waals surface area contributed by atoms with Crippen LogP contribution in [0, 0.1) is 0 Å². The van der Waals surface area contributed by atoms with Crippen LogP contribution in [-0.4, -0.2) is 14.5 Å². The summed E-state index contributed by atoms with van der Waals surface area (Å²) >= 11 is 0. The first-order valence-electron chi connectivity index (χ1n) is 16.8. The fourth-order valence-electron chi connectivity index (χ4n) is 7.36. The Morgan fingerprint density at radius 1 is 0.420 bits per heavy atom. The number of rotatable bonds is 5. The summed E-state index contributed by atoms with van der Waals surface area (Å²) < 4.78 is 8.71. The summed E-state index contributed by atoms with van der Waals surface area (Å²) in [6, 6.07) is 61.6. The van der Waals surface area contributed by atoms with Gasteiger partial charge in [-0.1, -0.05) is 133 Å². The monoisotopic (exact) mass is 639 g/mol. The molecule has 0 aliphatic carbocycles. The van der Waals surface area contributed by atoms with Gasteiger partial charge in [-0.25, -0.2) is 4.98 Å². The molecule has 4 nitrogen and oxygen atoms in total. The molecule has 10 rings (SSSR count). The predicted octanol–water partition coefficient (Wildman–Crippen LogP) is 12.1. The van der Waals surface area contributed by atoms with Crippen LogP contribution in [0.15, 0.2) is 180 Å². The lowest BCUT2D eigenvalue weighted by Gasteiger charge is -2.10. The molecular formula is C46H29N3O. The molecular weight excluding hydrogens is 611 g/mol. The molecule has 10 aromatic rings. The minimum atomic E-state index is 0.585. The molecule has 0 fully saturated rings. The molecule has 0 radical (unpaired) electrons. The van der Waals surface area contributed by atoms with Crippen LogP contribution in [0.3, 0.4) is 0 Å². The number of nitrogens with zero attached hydrogens (tertiary/aromatic N) is 3. The zero-order valence-corrected chi connectivity index (χ0v) is 27.0. The summed E-state index contributed by atoms with van der Waals surface area (Å²) in [7, 11) is 0. The molecule has 50 heavy (non-hydrogen) atoms. The van der Waals surface area contributed by atoms with Gasteiger partial charge in [0.15, 0.2) is 5.82 Å². The van der Waals surface area contributed by atoms with Crippen LogP contribution in [0.5, 0.6) is 0 Å². The van der Waals surface area contributed by atoms with Crippen molar-refractivity contribution in [3.63, 3.8) is 0 Å². The zero-order valence-electron chi connectivity index (χ0n) is 27.0. The number of para-hydroxylation sites is 2. The van der Waals surface area contributed by atoms with Gasteiger partial charge in [0.25, 0.3) is 0 Å². The van der Waals surface area contributed by atoms with Crippen LogP contribution in [-0.2, 0) is 0 Å². The maximum Gasteiger partial charge on any atom is 0.231 e. The summed E-state index contributed by atoms with van der Waals surface area (Å²) in [6.07, 6.45) is 0. The summed E-state index contributed by atoms with van der Waals surface area (Å²) in [5, 5.41) is 4.36. The van der Waals surface area contributed by atoms with Gasteiger partial charge in [0, 0.05) is 33.0 Å². The Morgan fingerprint density at radius 3 is 1.92 bits per heavy atom. The first-order valence-corrected chi connectivity index (χ1v) is 16.8. The second-order valence-electron chi connectivity index (χ2n) is 12.6. The summed E-state index contributed by atoms with van der Waals surface area (Å²) in [4.78, 5) is 10.2. The molecule has 3 heterocycles. The Morgan fingerprint density at radius 2 is 1.10 bits per heavy atom. The number of hydrogen-bond acceptors (Lipinski definition) is 3. The van der Waals surface area contributed by atoms with E-state index in [2.05, 4.69) is 144 Å². The smallest absolute Gasteiger partial charge is 0.231 e. The second-order valence-corrected chi connectivity index (χ2v) is 12.6. The van der Waals surface area contributed by atoms with Crippen molar-refractivity contribution in [1.29, 1.82) is 0 Å². The number of hydrogen-bond donors (Lipinski definition) is 0. The highest BCUT2D eigenvalue weighted by Gasteiger charge is 2.20. The van der Waals surface area contributed by atoms with Gasteiger partial charge in [-0.15, -0.1) is 0 Å². The van der Waals surface area contributed by atoms with Gasteiger partial charge >= 0.3 is 0 Å². The van der Waals surface area contributed by atoms with E-state index in [-0.39, 0.29) is 0 Å². The summed E-state index contributed by atoms with van der Waals surface area (Å²) in [6.45, 7) is 0. The van der Waals surface area contributed by atoms with E-state index in [9.17, 15) is 0 Å². The fraction of sp³-hybridized carbons (Fsp3) is 0.